The van der Waals surface area contributed by atoms with Crippen LogP contribution in [0.4, 0.5) is 19.0 Å². The Balaban J connectivity index is 2.30. The van der Waals surface area contributed by atoms with E-state index in [4.69, 9.17) is 5.73 Å². The molecule has 1 aromatic heterocycles. The first-order valence-corrected chi connectivity index (χ1v) is 4.20. The molecule has 0 atom stereocenters. The van der Waals surface area contributed by atoms with Crippen molar-refractivity contribution in [3.63, 3.8) is 0 Å². The van der Waals surface area contributed by atoms with Gasteiger partial charge in [-0.3, -0.25) is 0 Å². The summed E-state index contributed by atoms with van der Waals surface area (Å²) in [5, 5.41) is 7.19. The molecule has 5 nitrogen and oxygen atoms in total. The fourth-order valence-electron chi connectivity index (χ4n) is 0.925. The minimum atomic E-state index is -4.30. The van der Waals surface area contributed by atoms with Crippen molar-refractivity contribution in [2.45, 2.75) is 19.6 Å². The van der Waals surface area contributed by atoms with Crippen LogP contribution in [0.25, 0.3) is 0 Å². The van der Waals surface area contributed by atoms with Crippen LogP contribution in [-0.4, -0.2) is 34.4 Å². The van der Waals surface area contributed by atoms with Gasteiger partial charge >= 0.3 is 6.18 Å². The first-order valence-electron chi connectivity index (χ1n) is 4.20. The molecular formula is C7H11F3N4O. The van der Waals surface area contributed by atoms with Gasteiger partial charge in [-0.2, -0.15) is 13.2 Å². The van der Waals surface area contributed by atoms with Crippen LogP contribution < -0.4 is 5.73 Å². The van der Waals surface area contributed by atoms with E-state index >= 15 is 0 Å². The van der Waals surface area contributed by atoms with Crippen LogP contribution >= 0.6 is 0 Å². The molecule has 1 heterocycles. The summed E-state index contributed by atoms with van der Waals surface area (Å²) in [6, 6.07) is 0. The van der Waals surface area contributed by atoms with Gasteiger partial charge in [-0.15, -0.1) is 5.10 Å². The summed E-state index contributed by atoms with van der Waals surface area (Å²) in [6.07, 6.45) is -4.30. The molecular weight excluding hydrogens is 213 g/mol. The predicted molar refractivity (Wildman–Crippen MR) is 46.0 cm³/mol. The molecule has 0 unspecified atom stereocenters. The van der Waals surface area contributed by atoms with Gasteiger partial charge < -0.3 is 10.5 Å². The number of hydrogen-bond acceptors (Lipinski definition) is 4. The number of alkyl halides is 3. The molecule has 0 radical (unpaired) electrons. The largest absolute Gasteiger partial charge is 0.411 e. The van der Waals surface area contributed by atoms with Crippen molar-refractivity contribution in [1.29, 1.82) is 0 Å². The Morgan fingerprint density at radius 2 is 2.13 bits per heavy atom. The average molecular weight is 224 g/mol. The van der Waals surface area contributed by atoms with E-state index in [0.29, 0.717) is 5.69 Å². The Kier molecular flexibility index (Phi) is 3.51. The van der Waals surface area contributed by atoms with Gasteiger partial charge in [0.05, 0.1) is 18.8 Å². The Hall–Kier alpha value is -1.31. The summed E-state index contributed by atoms with van der Waals surface area (Å²) in [7, 11) is 0. The Labute approximate surface area is 84.0 Å². The normalized spacial score (nSPS) is 12.0. The van der Waals surface area contributed by atoms with Crippen LogP contribution in [-0.2, 0) is 11.3 Å². The third kappa shape index (κ3) is 3.74. The summed E-state index contributed by atoms with van der Waals surface area (Å²) >= 11 is 0. The summed E-state index contributed by atoms with van der Waals surface area (Å²) in [6.45, 7) is 0.546. The highest BCUT2D eigenvalue weighted by Gasteiger charge is 2.27. The molecule has 0 aliphatic heterocycles. The third-order valence-corrected chi connectivity index (χ3v) is 1.73. The number of halogens is 3. The lowest BCUT2D eigenvalue weighted by atomic mass is 10.5. The molecule has 0 amide bonds. The minimum Gasteiger partial charge on any atom is -0.381 e. The zero-order valence-electron chi connectivity index (χ0n) is 8.08. The zero-order chi connectivity index (χ0) is 11.5. The van der Waals surface area contributed by atoms with Crippen molar-refractivity contribution >= 4 is 5.82 Å². The lowest BCUT2D eigenvalue weighted by Gasteiger charge is -2.07. The number of nitrogens with zero attached hydrogens (tertiary/aromatic N) is 3. The van der Waals surface area contributed by atoms with Gasteiger partial charge in [0.15, 0.2) is 5.82 Å². The number of aromatic nitrogens is 3. The van der Waals surface area contributed by atoms with Crippen molar-refractivity contribution in [3.8, 4) is 0 Å². The second-order valence-corrected chi connectivity index (χ2v) is 2.95. The first kappa shape index (κ1) is 11.8. The molecule has 0 aliphatic rings. The molecule has 1 rings (SSSR count). The predicted octanol–water partition coefficient (Wildman–Crippen LogP) is 0.748. The average Bonchev–Trinajstić information content (AvgIpc) is 2.42. The molecule has 1 aromatic rings. The second kappa shape index (κ2) is 4.47. The van der Waals surface area contributed by atoms with E-state index in [2.05, 4.69) is 15.0 Å². The maximum atomic E-state index is 11.7. The van der Waals surface area contributed by atoms with E-state index in [-0.39, 0.29) is 19.0 Å². The molecule has 0 aromatic carbocycles. The fourth-order valence-corrected chi connectivity index (χ4v) is 0.925. The molecule has 0 spiro atoms. The number of ether oxygens (including phenoxy) is 1. The number of nitrogen functional groups attached to an aromatic ring is 1. The number of nitrogens with two attached hydrogens (primary N) is 1. The summed E-state index contributed by atoms with van der Waals surface area (Å²) < 4.78 is 40.9. The van der Waals surface area contributed by atoms with Crippen molar-refractivity contribution in [3.05, 3.63) is 5.69 Å². The van der Waals surface area contributed by atoms with Gasteiger partial charge in [0, 0.05) is 0 Å². The minimum absolute atomic E-state index is 0.0802. The Morgan fingerprint density at radius 1 is 1.47 bits per heavy atom. The fraction of sp³-hybridized carbons (Fsp3) is 0.714. The van der Waals surface area contributed by atoms with Crippen LogP contribution in [0.1, 0.15) is 5.69 Å². The van der Waals surface area contributed by atoms with Crippen molar-refractivity contribution in [1.82, 2.24) is 15.0 Å². The van der Waals surface area contributed by atoms with Gasteiger partial charge in [-0.05, 0) is 6.92 Å². The summed E-state index contributed by atoms with van der Waals surface area (Å²) in [5.41, 5.74) is 6.02. The lowest BCUT2D eigenvalue weighted by molar-refractivity contribution is -0.174. The highest BCUT2D eigenvalue weighted by molar-refractivity contribution is 5.31. The molecule has 86 valence electrons. The molecule has 15 heavy (non-hydrogen) atoms. The Morgan fingerprint density at radius 3 is 2.60 bits per heavy atom. The van der Waals surface area contributed by atoms with E-state index in [1.54, 1.807) is 6.92 Å². The van der Waals surface area contributed by atoms with E-state index in [1.807, 2.05) is 0 Å². The topological polar surface area (TPSA) is 66.0 Å². The molecule has 0 saturated heterocycles. The highest BCUT2D eigenvalue weighted by Crippen LogP contribution is 2.14. The SMILES string of the molecule is Cc1c(N)nnn1CCOCC(F)(F)F. The standard InChI is InChI=1S/C7H11F3N4O/c1-5-6(11)12-13-14(5)2-3-15-4-7(8,9)10/h2-4,11H2,1H3. The van der Waals surface area contributed by atoms with E-state index in [9.17, 15) is 13.2 Å². The smallest absolute Gasteiger partial charge is 0.381 e. The van der Waals surface area contributed by atoms with Gasteiger partial charge in [0.25, 0.3) is 0 Å². The van der Waals surface area contributed by atoms with Crippen LogP contribution in [0.5, 0.6) is 0 Å². The molecule has 0 saturated carbocycles. The highest BCUT2D eigenvalue weighted by atomic mass is 19.4. The summed E-state index contributed by atoms with van der Waals surface area (Å²) in [5.74, 6) is 0.269. The van der Waals surface area contributed by atoms with Gasteiger partial charge in [0.2, 0.25) is 0 Å². The lowest BCUT2D eigenvalue weighted by Crippen LogP contribution is -2.19. The van der Waals surface area contributed by atoms with Crippen molar-refractivity contribution in [2.75, 3.05) is 18.9 Å². The Bertz CT molecular complexity index is 323. The molecule has 0 fully saturated rings. The van der Waals surface area contributed by atoms with Gasteiger partial charge in [-0.25, -0.2) is 4.68 Å². The molecule has 8 heteroatoms. The van der Waals surface area contributed by atoms with Crippen LogP contribution in [0.15, 0.2) is 0 Å². The maximum absolute atomic E-state index is 11.7. The quantitative estimate of drug-likeness (QED) is 0.766. The number of rotatable bonds is 4. The monoisotopic (exact) mass is 224 g/mol. The maximum Gasteiger partial charge on any atom is 0.411 e. The summed E-state index contributed by atoms with van der Waals surface area (Å²) in [4.78, 5) is 0. The molecule has 0 aliphatic carbocycles. The number of hydrogen-bond donors (Lipinski definition) is 1. The zero-order valence-corrected chi connectivity index (χ0v) is 8.08. The van der Waals surface area contributed by atoms with Crippen LogP contribution in [0, 0.1) is 6.92 Å². The first-order chi connectivity index (χ1) is 6.90. The van der Waals surface area contributed by atoms with Crippen LogP contribution in [0.2, 0.25) is 0 Å². The van der Waals surface area contributed by atoms with Crippen molar-refractivity contribution < 1.29 is 17.9 Å². The molecule has 0 bridgehead atoms. The second-order valence-electron chi connectivity index (χ2n) is 2.95. The number of anilines is 1. The van der Waals surface area contributed by atoms with E-state index in [1.165, 1.54) is 4.68 Å². The van der Waals surface area contributed by atoms with Gasteiger partial charge in [-0.1, -0.05) is 5.21 Å². The third-order valence-electron chi connectivity index (χ3n) is 1.73. The molecule has 2 N–H and O–H groups in total. The van der Waals surface area contributed by atoms with E-state index in [0.717, 1.165) is 0 Å². The van der Waals surface area contributed by atoms with Crippen molar-refractivity contribution in [2.24, 2.45) is 0 Å². The van der Waals surface area contributed by atoms with E-state index < -0.39 is 12.8 Å². The van der Waals surface area contributed by atoms with Gasteiger partial charge in [0.1, 0.15) is 6.61 Å². The van der Waals surface area contributed by atoms with Crippen LogP contribution in [0.3, 0.4) is 0 Å².